The molecule has 6 nitrogen and oxygen atoms in total. The summed E-state index contributed by atoms with van der Waals surface area (Å²) in [6, 6.07) is 4.51. The number of carbonyl (C=O) groups is 1. The zero-order valence-electron chi connectivity index (χ0n) is 13.4. The van der Waals surface area contributed by atoms with Crippen LogP contribution in [0.2, 0.25) is 0 Å². The van der Waals surface area contributed by atoms with Crippen molar-refractivity contribution in [2.24, 2.45) is 0 Å². The normalized spacial score (nSPS) is 20.5. The first-order valence-electron chi connectivity index (χ1n) is 7.96. The highest BCUT2D eigenvalue weighted by molar-refractivity contribution is 7.99. The fourth-order valence-electron chi connectivity index (χ4n) is 2.79. The summed E-state index contributed by atoms with van der Waals surface area (Å²) in [6.45, 7) is 1.66. The molecule has 2 heterocycles. The lowest BCUT2D eigenvalue weighted by molar-refractivity contribution is 0.0895. The number of nitrogens with zero attached hydrogens (tertiary/aromatic N) is 2. The number of amides is 1. The molecule has 1 aliphatic rings. The maximum absolute atomic E-state index is 12.2. The zero-order valence-corrected chi connectivity index (χ0v) is 14.2. The van der Waals surface area contributed by atoms with E-state index in [0.717, 1.165) is 30.8 Å². The minimum Gasteiger partial charge on any atom is -0.456 e. The van der Waals surface area contributed by atoms with E-state index in [0.29, 0.717) is 11.0 Å². The van der Waals surface area contributed by atoms with Crippen LogP contribution in [0.25, 0.3) is 0 Å². The predicted octanol–water partition coefficient (Wildman–Crippen LogP) is 2.57. The molecule has 1 saturated carbocycles. The van der Waals surface area contributed by atoms with Crippen LogP contribution in [0.5, 0.6) is 0 Å². The van der Waals surface area contributed by atoms with Crippen molar-refractivity contribution in [3.05, 3.63) is 52.3 Å². The fourth-order valence-corrected chi connectivity index (χ4v) is 3.84. The molecule has 0 atom stereocenters. The summed E-state index contributed by atoms with van der Waals surface area (Å²) in [4.78, 5) is 32.2. The molecule has 1 aliphatic carbocycles. The molecule has 0 bridgehead atoms. The Morgan fingerprint density at radius 1 is 1.21 bits per heavy atom. The van der Waals surface area contributed by atoms with Crippen LogP contribution < -0.4 is 10.7 Å². The Morgan fingerprint density at radius 2 is 1.92 bits per heavy atom. The highest BCUT2D eigenvalue weighted by Gasteiger charge is 2.24. The number of nitrogens with one attached hydrogen (secondary N) is 1. The molecular weight excluding hydrogens is 326 g/mol. The summed E-state index contributed by atoms with van der Waals surface area (Å²) in [5, 5.41) is 4.23. The van der Waals surface area contributed by atoms with Crippen LogP contribution in [0.15, 0.2) is 45.0 Å². The Balaban J connectivity index is 1.51. The van der Waals surface area contributed by atoms with Gasteiger partial charge in [-0.3, -0.25) is 9.59 Å². The van der Waals surface area contributed by atoms with Crippen molar-refractivity contribution in [1.29, 1.82) is 0 Å². The van der Waals surface area contributed by atoms with Gasteiger partial charge in [-0.25, -0.2) is 9.97 Å². The number of hydrogen-bond donors (Lipinski definition) is 1. The molecule has 2 aromatic heterocycles. The molecule has 0 spiro atoms. The van der Waals surface area contributed by atoms with Crippen LogP contribution >= 0.6 is 11.8 Å². The number of rotatable bonds is 4. The molecule has 0 radical (unpaired) electrons. The second-order valence-corrected chi connectivity index (χ2v) is 7.13. The lowest BCUT2D eigenvalue weighted by Crippen LogP contribution is -2.38. The van der Waals surface area contributed by atoms with E-state index in [9.17, 15) is 9.59 Å². The molecule has 126 valence electrons. The van der Waals surface area contributed by atoms with Gasteiger partial charge in [-0.1, -0.05) is 11.8 Å². The second-order valence-electron chi connectivity index (χ2n) is 5.86. The van der Waals surface area contributed by atoms with Crippen molar-refractivity contribution in [2.45, 2.75) is 49.1 Å². The zero-order chi connectivity index (χ0) is 16.9. The second kappa shape index (κ2) is 7.61. The van der Waals surface area contributed by atoms with Gasteiger partial charge in [0.1, 0.15) is 5.76 Å². The van der Waals surface area contributed by atoms with Crippen LogP contribution in [0.1, 0.15) is 42.0 Å². The van der Waals surface area contributed by atoms with Crippen molar-refractivity contribution in [1.82, 2.24) is 15.3 Å². The monoisotopic (exact) mass is 345 g/mol. The molecule has 1 amide bonds. The van der Waals surface area contributed by atoms with E-state index in [2.05, 4.69) is 15.3 Å². The highest BCUT2D eigenvalue weighted by Crippen LogP contribution is 2.31. The average Bonchev–Trinajstić information content (AvgIpc) is 2.57. The Kier molecular flexibility index (Phi) is 5.30. The van der Waals surface area contributed by atoms with Gasteiger partial charge in [0.15, 0.2) is 16.3 Å². The van der Waals surface area contributed by atoms with Gasteiger partial charge >= 0.3 is 0 Å². The molecule has 3 rings (SSSR count). The molecule has 0 aliphatic heterocycles. The lowest BCUT2D eigenvalue weighted by atomic mass is 9.95. The van der Waals surface area contributed by atoms with Gasteiger partial charge in [0.2, 0.25) is 0 Å². The highest BCUT2D eigenvalue weighted by atomic mass is 32.2. The Hall–Kier alpha value is -2.15. The predicted molar refractivity (Wildman–Crippen MR) is 91.1 cm³/mol. The minimum absolute atomic E-state index is 0.0779. The van der Waals surface area contributed by atoms with Crippen LogP contribution in [-0.2, 0) is 0 Å². The van der Waals surface area contributed by atoms with Crippen LogP contribution in [0, 0.1) is 6.92 Å². The maximum atomic E-state index is 12.2. The van der Waals surface area contributed by atoms with Crippen molar-refractivity contribution in [3.8, 4) is 0 Å². The van der Waals surface area contributed by atoms with E-state index >= 15 is 0 Å². The summed E-state index contributed by atoms with van der Waals surface area (Å²) in [7, 11) is 0. The molecule has 0 unspecified atom stereocenters. The number of carbonyl (C=O) groups excluding carboxylic acids is 1. The van der Waals surface area contributed by atoms with E-state index < -0.39 is 0 Å². The summed E-state index contributed by atoms with van der Waals surface area (Å²) in [5.74, 6) is 0.197. The van der Waals surface area contributed by atoms with Gasteiger partial charge in [0.05, 0.1) is 0 Å². The Morgan fingerprint density at radius 3 is 2.58 bits per heavy atom. The van der Waals surface area contributed by atoms with Gasteiger partial charge < -0.3 is 9.73 Å². The summed E-state index contributed by atoms with van der Waals surface area (Å²) < 4.78 is 5.33. The summed E-state index contributed by atoms with van der Waals surface area (Å²) in [5.41, 5.74) is -0.216. The first-order chi connectivity index (χ1) is 11.6. The van der Waals surface area contributed by atoms with Gasteiger partial charge in [-0.05, 0) is 38.7 Å². The third kappa shape index (κ3) is 4.44. The quantitative estimate of drug-likeness (QED) is 0.857. The minimum atomic E-state index is -0.321. The molecular formula is C17H19N3O3S. The van der Waals surface area contributed by atoms with E-state index in [1.807, 2.05) is 0 Å². The van der Waals surface area contributed by atoms with Crippen molar-refractivity contribution in [2.75, 3.05) is 0 Å². The largest absolute Gasteiger partial charge is 0.456 e. The molecule has 1 fully saturated rings. The third-order valence-corrected chi connectivity index (χ3v) is 5.16. The number of thioether (sulfide) groups is 1. The van der Waals surface area contributed by atoms with Gasteiger partial charge in [0, 0.05) is 35.8 Å². The molecule has 0 saturated heterocycles. The van der Waals surface area contributed by atoms with Gasteiger partial charge in [0.25, 0.3) is 5.91 Å². The van der Waals surface area contributed by atoms with Gasteiger partial charge in [-0.2, -0.15) is 0 Å². The Bertz CT molecular complexity index is 755. The summed E-state index contributed by atoms with van der Waals surface area (Å²) >= 11 is 1.69. The SMILES string of the molecule is Cc1cc(=O)cc(C(=O)NC2CCC(Sc3ncccn3)CC2)o1. The standard InChI is InChI=1S/C17H19N3O3S/c1-11-9-13(21)10-15(23-11)16(22)20-12-3-5-14(6-4-12)24-17-18-7-2-8-19-17/h2,7-10,12,14H,3-6H2,1H3,(H,20,22). The van der Waals surface area contributed by atoms with Crippen LogP contribution in [0.3, 0.4) is 0 Å². The summed E-state index contributed by atoms with van der Waals surface area (Å²) in [6.07, 6.45) is 7.27. The number of aromatic nitrogens is 2. The fraction of sp³-hybridized carbons (Fsp3) is 0.412. The molecule has 1 N–H and O–H groups in total. The smallest absolute Gasteiger partial charge is 0.287 e. The molecule has 2 aromatic rings. The first kappa shape index (κ1) is 16.7. The van der Waals surface area contributed by atoms with E-state index in [-0.39, 0.29) is 23.1 Å². The number of hydrogen-bond acceptors (Lipinski definition) is 6. The third-order valence-electron chi connectivity index (χ3n) is 3.94. The first-order valence-corrected chi connectivity index (χ1v) is 8.84. The molecule has 24 heavy (non-hydrogen) atoms. The van der Waals surface area contributed by atoms with E-state index in [1.165, 1.54) is 12.1 Å². The average molecular weight is 345 g/mol. The van der Waals surface area contributed by atoms with Crippen LogP contribution in [-0.4, -0.2) is 27.2 Å². The maximum Gasteiger partial charge on any atom is 0.287 e. The molecule has 0 aromatic carbocycles. The Labute approximate surface area is 144 Å². The topological polar surface area (TPSA) is 85.1 Å². The van der Waals surface area contributed by atoms with E-state index in [4.69, 9.17) is 4.42 Å². The van der Waals surface area contributed by atoms with Crippen molar-refractivity contribution >= 4 is 17.7 Å². The van der Waals surface area contributed by atoms with Gasteiger partial charge in [-0.15, -0.1) is 0 Å². The number of aryl methyl sites for hydroxylation is 1. The van der Waals surface area contributed by atoms with Crippen molar-refractivity contribution < 1.29 is 9.21 Å². The molecule has 7 heteroatoms. The van der Waals surface area contributed by atoms with Crippen molar-refractivity contribution in [3.63, 3.8) is 0 Å². The lowest BCUT2D eigenvalue weighted by Gasteiger charge is -2.28. The van der Waals surface area contributed by atoms with Crippen LogP contribution in [0.4, 0.5) is 0 Å². The van der Waals surface area contributed by atoms with E-state index in [1.54, 1.807) is 37.1 Å².